The van der Waals surface area contributed by atoms with E-state index in [1.54, 1.807) is 30.7 Å². The molecule has 0 aliphatic heterocycles. The number of nitrogens with zero attached hydrogens (tertiary/aromatic N) is 1. The topological polar surface area (TPSA) is 73.6 Å². The van der Waals surface area contributed by atoms with Crippen molar-refractivity contribution in [1.82, 2.24) is 4.98 Å². The summed E-state index contributed by atoms with van der Waals surface area (Å²) >= 11 is 13.2. The van der Waals surface area contributed by atoms with Crippen molar-refractivity contribution in [2.24, 2.45) is 0 Å². The van der Waals surface area contributed by atoms with E-state index in [1.165, 1.54) is 11.3 Å². The SMILES string of the molecule is COc1cccc2cc(-c3csc(NC(=O)COc4ccc(Cl)cc4Cl)n3)oc12. The summed E-state index contributed by atoms with van der Waals surface area (Å²) in [5.74, 6) is 1.26. The molecule has 0 fully saturated rings. The van der Waals surface area contributed by atoms with Gasteiger partial charge in [-0.05, 0) is 30.3 Å². The molecule has 1 N–H and O–H groups in total. The Labute approximate surface area is 180 Å². The number of nitrogens with one attached hydrogen (secondary N) is 1. The molecule has 2 aromatic carbocycles. The molecule has 0 bridgehead atoms. The van der Waals surface area contributed by atoms with Crippen LogP contribution in [0.25, 0.3) is 22.4 Å². The zero-order chi connectivity index (χ0) is 20.4. The van der Waals surface area contributed by atoms with Crippen LogP contribution >= 0.6 is 34.5 Å². The van der Waals surface area contributed by atoms with Crippen molar-refractivity contribution in [3.63, 3.8) is 0 Å². The van der Waals surface area contributed by atoms with E-state index in [-0.39, 0.29) is 12.5 Å². The second-order valence-electron chi connectivity index (χ2n) is 5.94. The van der Waals surface area contributed by atoms with Crippen molar-refractivity contribution in [2.45, 2.75) is 0 Å². The van der Waals surface area contributed by atoms with Gasteiger partial charge in [0, 0.05) is 15.8 Å². The Morgan fingerprint density at radius 3 is 2.86 bits per heavy atom. The van der Waals surface area contributed by atoms with Gasteiger partial charge in [0.25, 0.3) is 5.91 Å². The molecule has 148 valence electrons. The number of methoxy groups -OCH3 is 1. The lowest BCUT2D eigenvalue weighted by Gasteiger charge is -2.07. The minimum Gasteiger partial charge on any atom is -0.493 e. The first-order chi connectivity index (χ1) is 14.0. The Hall–Kier alpha value is -2.74. The van der Waals surface area contributed by atoms with Gasteiger partial charge < -0.3 is 13.9 Å². The summed E-state index contributed by atoms with van der Waals surface area (Å²) in [6.07, 6.45) is 0. The normalized spacial score (nSPS) is 10.9. The molecular weight excluding hydrogens is 435 g/mol. The van der Waals surface area contributed by atoms with E-state index in [9.17, 15) is 4.79 Å². The third-order valence-electron chi connectivity index (χ3n) is 3.98. The van der Waals surface area contributed by atoms with Gasteiger partial charge in [-0.3, -0.25) is 10.1 Å². The molecule has 0 saturated heterocycles. The molecule has 0 unspecified atom stereocenters. The summed E-state index contributed by atoms with van der Waals surface area (Å²) in [5.41, 5.74) is 1.27. The number of aromatic nitrogens is 1. The first-order valence-electron chi connectivity index (χ1n) is 8.43. The molecule has 6 nitrogen and oxygen atoms in total. The zero-order valence-electron chi connectivity index (χ0n) is 15.1. The quantitative estimate of drug-likeness (QED) is 0.398. The Bertz CT molecular complexity index is 1190. The van der Waals surface area contributed by atoms with Gasteiger partial charge in [0.2, 0.25) is 0 Å². The number of carbonyl (C=O) groups excluding carboxylic acids is 1. The van der Waals surface area contributed by atoms with Gasteiger partial charge in [0.05, 0.1) is 12.1 Å². The first-order valence-corrected chi connectivity index (χ1v) is 10.1. The average Bonchev–Trinajstić information content (AvgIpc) is 3.33. The zero-order valence-corrected chi connectivity index (χ0v) is 17.4. The van der Waals surface area contributed by atoms with Crippen molar-refractivity contribution in [2.75, 3.05) is 19.0 Å². The van der Waals surface area contributed by atoms with Crippen LogP contribution < -0.4 is 14.8 Å². The number of furan rings is 1. The Balaban J connectivity index is 1.43. The molecule has 9 heteroatoms. The number of anilines is 1. The lowest BCUT2D eigenvalue weighted by atomic mass is 10.2. The molecule has 2 aromatic heterocycles. The maximum absolute atomic E-state index is 12.2. The minimum atomic E-state index is -0.358. The van der Waals surface area contributed by atoms with Gasteiger partial charge in [0.15, 0.2) is 28.8 Å². The second kappa shape index (κ2) is 8.32. The smallest absolute Gasteiger partial charge is 0.264 e. The lowest BCUT2D eigenvalue weighted by Crippen LogP contribution is -2.20. The molecular formula is C20H14Cl2N2O4S. The predicted octanol–water partition coefficient (Wildman–Crippen LogP) is 5.89. The Morgan fingerprint density at radius 2 is 2.07 bits per heavy atom. The highest BCUT2D eigenvalue weighted by atomic mass is 35.5. The fourth-order valence-electron chi connectivity index (χ4n) is 2.66. The highest BCUT2D eigenvalue weighted by molar-refractivity contribution is 7.14. The van der Waals surface area contributed by atoms with Crippen LogP contribution in [0.3, 0.4) is 0 Å². The predicted molar refractivity (Wildman–Crippen MR) is 114 cm³/mol. The molecule has 2 heterocycles. The molecule has 4 aromatic rings. The van der Waals surface area contributed by atoms with Gasteiger partial charge in [0.1, 0.15) is 11.4 Å². The first kappa shape index (κ1) is 19.6. The van der Waals surface area contributed by atoms with Crippen molar-refractivity contribution < 1.29 is 18.7 Å². The summed E-state index contributed by atoms with van der Waals surface area (Å²) in [6.45, 7) is -0.210. The van der Waals surface area contributed by atoms with E-state index in [0.717, 1.165) is 5.39 Å². The van der Waals surface area contributed by atoms with Crippen LogP contribution in [0.4, 0.5) is 5.13 Å². The summed E-state index contributed by atoms with van der Waals surface area (Å²) < 4.78 is 16.6. The van der Waals surface area contributed by atoms with E-state index in [0.29, 0.717) is 43.7 Å². The number of rotatable bonds is 6. The van der Waals surface area contributed by atoms with Gasteiger partial charge >= 0.3 is 0 Å². The van der Waals surface area contributed by atoms with Gasteiger partial charge in [-0.15, -0.1) is 11.3 Å². The molecule has 0 saturated carbocycles. The standard InChI is InChI=1S/C20H14Cl2N2O4S/c1-26-16-4-2-3-11-7-17(28-19(11)16)14-10-29-20(23-14)24-18(25)9-27-15-6-5-12(21)8-13(15)22/h2-8,10H,9H2,1H3,(H,23,24,25). The molecule has 4 rings (SSSR count). The summed E-state index contributed by atoms with van der Waals surface area (Å²) in [4.78, 5) is 16.6. The molecule has 0 atom stereocenters. The molecule has 29 heavy (non-hydrogen) atoms. The number of para-hydroxylation sites is 1. The van der Waals surface area contributed by atoms with Crippen molar-refractivity contribution in [3.8, 4) is 23.0 Å². The number of benzene rings is 2. The van der Waals surface area contributed by atoms with E-state index in [4.69, 9.17) is 37.1 Å². The molecule has 0 radical (unpaired) electrons. The monoisotopic (exact) mass is 448 g/mol. The Kier molecular flexibility index (Phi) is 5.62. The van der Waals surface area contributed by atoms with Crippen LogP contribution in [0.1, 0.15) is 0 Å². The minimum absolute atomic E-state index is 0.210. The fraction of sp³-hybridized carbons (Fsp3) is 0.100. The van der Waals surface area contributed by atoms with Gasteiger partial charge in [-0.2, -0.15) is 0 Å². The van der Waals surface area contributed by atoms with Crippen molar-refractivity contribution >= 4 is 56.5 Å². The number of fused-ring (bicyclic) bond motifs is 1. The van der Waals surface area contributed by atoms with E-state index in [1.807, 2.05) is 24.3 Å². The highest BCUT2D eigenvalue weighted by Crippen LogP contribution is 2.34. The number of amides is 1. The number of ether oxygens (including phenoxy) is 2. The third-order valence-corrected chi connectivity index (χ3v) is 5.27. The van der Waals surface area contributed by atoms with Crippen LogP contribution in [-0.2, 0) is 4.79 Å². The Morgan fingerprint density at radius 1 is 1.21 bits per heavy atom. The maximum Gasteiger partial charge on any atom is 0.264 e. The van der Waals surface area contributed by atoms with E-state index in [2.05, 4.69) is 10.3 Å². The van der Waals surface area contributed by atoms with Gasteiger partial charge in [-0.25, -0.2) is 4.98 Å². The summed E-state index contributed by atoms with van der Waals surface area (Å²) in [7, 11) is 1.59. The second-order valence-corrected chi connectivity index (χ2v) is 7.64. The summed E-state index contributed by atoms with van der Waals surface area (Å²) in [5, 5.41) is 6.67. The van der Waals surface area contributed by atoms with Crippen LogP contribution in [0.5, 0.6) is 11.5 Å². The highest BCUT2D eigenvalue weighted by Gasteiger charge is 2.14. The van der Waals surface area contributed by atoms with Crippen molar-refractivity contribution in [1.29, 1.82) is 0 Å². The molecule has 0 spiro atoms. The lowest BCUT2D eigenvalue weighted by molar-refractivity contribution is -0.118. The number of carbonyl (C=O) groups is 1. The van der Waals surface area contributed by atoms with Crippen LogP contribution in [0.15, 0.2) is 52.3 Å². The molecule has 1 amide bonds. The molecule has 0 aliphatic rings. The maximum atomic E-state index is 12.2. The number of halogens is 2. The average molecular weight is 449 g/mol. The number of hydrogen-bond acceptors (Lipinski definition) is 6. The van der Waals surface area contributed by atoms with E-state index < -0.39 is 0 Å². The number of thiazole rings is 1. The third kappa shape index (κ3) is 4.32. The fourth-order valence-corrected chi connectivity index (χ4v) is 3.84. The number of hydrogen-bond donors (Lipinski definition) is 1. The van der Waals surface area contributed by atoms with Crippen LogP contribution in [0.2, 0.25) is 10.0 Å². The van der Waals surface area contributed by atoms with Crippen LogP contribution in [0, 0.1) is 0 Å². The van der Waals surface area contributed by atoms with Gasteiger partial charge in [-0.1, -0.05) is 35.3 Å². The van der Waals surface area contributed by atoms with E-state index >= 15 is 0 Å². The molecule has 0 aliphatic carbocycles. The van der Waals surface area contributed by atoms with Crippen molar-refractivity contribution in [3.05, 3.63) is 57.9 Å². The summed E-state index contributed by atoms with van der Waals surface area (Å²) in [6, 6.07) is 12.3. The van der Waals surface area contributed by atoms with Crippen LogP contribution in [-0.4, -0.2) is 24.6 Å². The largest absolute Gasteiger partial charge is 0.493 e.